The van der Waals surface area contributed by atoms with Gasteiger partial charge in [0.2, 0.25) is 5.91 Å². The van der Waals surface area contributed by atoms with Gasteiger partial charge in [-0.1, -0.05) is 24.3 Å². The Labute approximate surface area is 130 Å². The van der Waals surface area contributed by atoms with Crippen molar-refractivity contribution in [1.29, 1.82) is 5.26 Å². The number of nitrogens with one attached hydrogen (secondary N) is 1. The second-order valence-corrected chi connectivity index (χ2v) is 5.32. The summed E-state index contributed by atoms with van der Waals surface area (Å²) in [6, 6.07) is 9.22. The maximum Gasteiger partial charge on any atom is 0.409 e. The van der Waals surface area contributed by atoms with E-state index in [0.29, 0.717) is 10.8 Å². The van der Waals surface area contributed by atoms with Crippen LogP contribution in [0, 0.1) is 11.3 Å². The number of hydrogen-bond donors (Lipinski definition) is 1. The zero-order chi connectivity index (χ0) is 16.6. The minimum Gasteiger partial charge on any atom is -0.288 e. The predicted molar refractivity (Wildman–Crippen MR) is 76.9 cm³/mol. The lowest BCUT2D eigenvalue weighted by Gasteiger charge is -2.30. The van der Waals surface area contributed by atoms with Crippen LogP contribution < -0.4 is 5.43 Å². The lowest BCUT2D eigenvalue weighted by atomic mass is 9.96. The Bertz CT molecular complexity index is 810. The normalized spacial score (nSPS) is 17.0. The Morgan fingerprint density at radius 3 is 2.65 bits per heavy atom. The molecule has 2 aromatic rings. The number of rotatable bonds is 2. The van der Waals surface area contributed by atoms with Crippen LogP contribution in [-0.2, 0) is 4.79 Å². The van der Waals surface area contributed by atoms with E-state index in [1.165, 1.54) is 12.1 Å². The third kappa shape index (κ3) is 2.85. The van der Waals surface area contributed by atoms with Crippen molar-refractivity contribution in [3.8, 4) is 6.07 Å². The summed E-state index contributed by atoms with van der Waals surface area (Å²) >= 11 is 0. The van der Waals surface area contributed by atoms with Crippen LogP contribution in [0.1, 0.15) is 23.6 Å². The smallest absolute Gasteiger partial charge is 0.288 e. The standard InChI is InChI=1S/C16H12F3N3O/c17-16(18,19)15(22-7-6-14(23)21-22)12-3-1-2-11-5-4-10(9-20)8-13(11)12/h1-5,8,15H,6-7H2,(H,21,23). The van der Waals surface area contributed by atoms with Crippen molar-refractivity contribution in [2.45, 2.75) is 18.6 Å². The van der Waals surface area contributed by atoms with Crippen LogP contribution in [0.3, 0.4) is 0 Å². The molecule has 1 heterocycles. The average molecular weight is 319 g/mol. The van der Waals surface area contributed by atoms with Crippen LogP contribution in [0.5, 0.6) is 0 Å². The molecule has 0 aromatic heterocycles. The molecular formula is C16H12F3N3O. The topological polar surface area (TPSA) is 56.1 Å². The summed E-state index contributed by atoms with van der Waals surface area (Å²) in [7, 11) is 0. The molecule has 0 saturated carbocycles. The summed E-state index contributed by atoms with van der Waals surface area (Å²) in [4.78, 5) is 11.3. The highest BCUT2D eigenvalue weighted by Crippen LogP contribution is 2.40. The van der Waals surface area contributed by atoms with Crippen LogP contribution in [0.4, 0.5) is 13.2 Å². The highest BCUT2D eigenvalue weighted by atomic mass is 19.4. The van der Waals surface area contributed by atoms with Crippen LogP contribution >= 0.6 is 0 Å². The fourth-order valence-electron chi connectivity index (χ4n) is 2.81. The van der Waals surface area contributed by atoms with Gasteiger partial charge in [0.05, 0.1) is 11.6 Å². The zero-order valence-corrected chi connectivity index (χ0v) is 11.9. The average Bonchev–Trinajstić information content (AvgIpc) is 2.92. The fraction of sp³-hybridized carbons (Fsp3) is 0.250. The second-order valence-electron chi connectivity index (χ2n) is 5.32. The number of halogens is 3. The number of hydrogen-bond acceptors (Lipinski definition) is 3. The quantitative estimate of drug-likeness (QED) is 0.925. The van der Waals surface area contributed by atoms with Gasteiger partial charge in [0.25, 0.3) is 0 Å². The Morgan fingerprint density at radius 1 is 1.26 bits per heavy atom. The van der Waals surface area contributed by atoms with Gasteiger partial charge in [-0.25, -0.2) is 5.01 Å². The molecular weight excluding hydrogens is 307 g/mol. The Balaban J connectivity index is 2.18. The molecule has 0 spiro atoms. The highest BCUT2D eigenvalue weighted by Gasteiger charge is 2.47. The van der Waals surface area contributed by atoms with Gasteiger partial charge in [0.1, 0.15) is 0 Å². The highest BCUT2D eigenvalue weighted by molar-refractivity contribution is 5.87. The summed E-state index contributed by atoms with van der Waals surface area (Å²) in [6.07, 6.45) is -4.53. The monoisotopic (exact) mass is 319 g/mol. The molecule has 1 N–H and O–H groups in total. The molecule has 1 aliphatic heterocycles. The number of carbonyl (C=O) groups is 1. The summed E-state index contributed by atoms with van der Waals surface area (Å²) in [6.45, 7) is -0.0165. The number of benzene rings is 2. The van der Waals surface area contributed by atoms with E-state index in [4.69, 9.17) is 5.26 Å². The van der Waals surface area contributed by atoms with E-state index in [0.717, 1.165) is 5.01 Å². The first-order valence-corrected chi connectivity index (χ1v) is 6.96. The second kappa shape index (κ2) is 5.56. The van der Waals surface area contributed by atoms with E-state index in [2.05, 4.69) is 5.43 Å². The Morgan fingerprint density at radius 2 is 2.04 bits per heavy atom. The van der Waals surface area contributed by atoms with Gasteiger partial charge in [-0.3, -0.25) is 10.2 Å². The van der Waals surface area contributed by atoms with E-state index in [-0.39, 0.29) is 24.1 Å². The van der Waals surface area contributed by atoms with Crippen molar-refractivity contribution in [3.63, 3.8) is 0 Å². The number of nitriles is 1. The van der Waals surface area contributed by atoms with Gasteiger partial charge >= 0.3 is 6.18 Å². The number of amides is 1. The van der Waals surface area contributed by atoms with E-state index in [1.807, 2.05) is 6.07 Å². The fourth-order valence-corrected chi connectivity index (χ4v) is 2.81. The first-order chi connectivity index (χ1) is 10.9. The maximum atomic E-state index is 13.6. The Kier molecular flexibility index (Phi) is 3.70. The first-order valence-electron chi connectivity index (χ1n) is 6.96. The number of fused-ring (bicyclic) bond motifs is 1. The molecule has 23 heavy (non-hydrogen) atoms. The van der Waals surface area contributed by atoms with E-state index in [1.54, 1.807) is 24.3 Å². The van der Waals surface area contributed by atoms with Gasteiger partial charge in [-0.2, -0.15) is 18.4 Å². The summed E-state index contributed by atoms with van der Waals surface area (Å²) in [5.74, 6) is -0.433. The van der Waals surface area contributed by atoms with E-state index >= 15 is 0 Å². The van der Waals surface area contributed by atoms with Crippen molar-refractivity contribution < 1.29 is 18.0 Å². The zero-order valence-electron chi connectivity index (χ0n) is 11.9. The molecule has 1 atom stereocenters. The predicted octanol–water partition coefficient (Wildman–Crippen LogP) is 3.05. The summed E-state index contributed by atoms with van der Waals surface area (Å²) < 4.78 is 40.9. The lowest BCUT2D eigenvalue weighted by molar-refractivity contribution is -0.190. The van der Waals surface area contributed by atoms with Crippen LogP contribution in [0.2, 0.25) is 0 Å². The van der Waals surface area contributed by atoms with Crippen LogP contribution in [0.15, 0.2) is 36.4 Å². The number of alkyl halides is 3. The summed E-state index contributed by atoms with van der Waals surface area (Å²) in [5.41, 5.74) is 2.57. The van der Waals surface area contributed by atoms with Gasteiger partial charge < -0.3 is 0 Å². The van der Waals surface area contributed by atoms with Gasteiger partial charge in [-0.15, -0.1) is 0 Å². The van der Waals surface area contributed by atoms with Crippen molar-refractivity contribution >= 4 is 16.7 Å². The molecule has 3 rings (SSSR count). The molecule has 0 bridgehead atoms. The number of carbonyl (C=O) groups excluding carboxylic acids is 1. The van der Waals surface area contributed by atoms with Gasteiger partial charge in [-0.05, 0) is 28.5 Å². The minimum absolute atomic E-state index is 0.0165. The number of nitrogens with zero attached hydrogens (tertiary/aromatic N) is 2. The molecule has 1 aliphatic rings. The van der Waals surface area contributed by atoms with Crippen molar-refractivity contribution in [1.82, 2.24) is 10.4 Å². The first kappa shape index (κ1) is 15.3. The molecule has 118 valence electrons. The van der Waals surface area contributed by atoms with Gasteiger partial charge in [0.15, 0.2) is 6.04 Å². The van der Waals surface area contributed by atoms with Crippen molar-refractivity contribution in [2.24, 2.45) is 0 Å². The third-order valence-electron chi connectivity index (χ3n) is 3.81. The Hall–Kier alpha value is -2.59. The molecule has 0 aliphatic carbocycles. The molecule has 2 aromatic carbocycles. The van der Waals surface area contributed by atoms with Gasteiger partial charge in [0, 0.05) is 13.0 Å². The third-order valence-corrected chi connectivity index (χ3v) is 3.81. The molecule has 7 heteroatoms. The number of hydrazine groups is 1. The van der Waals surface area contributed by atoms with Crippen LogP contribution in [-0.4, -0.2) is 23.6 Å². The maximum absolute atomic E-state index is 13.6. The molecule has 1 fully saturated rings. The summed E-state index contributed by atoms with van der Waals surface area (Å²) in [5, 5.41) is 10.9. The van der Waals surface area contributed by atoms with Crippen LogP contribution in [0.25, 0.3) is 10.8 Å². The molecule has 1 saturated heterocycles. The molecule has 1 amide bonds. The largest absolute Gasteiger partial charge is 0.409 e. The van der Waals surface area contributed by atoms with E-state index in [9.17, 15) is 18.0 Å². The van der Waals surface area contributed by atoms with Crippen molar-refractivity contribution in [3.05, 3.63) is 47.5 Å². The van der Waals surface area contributed by atoms with E-state index < -0.39 is 18.1 Å². The molecule has 4 nitrogen and oxygen atoms in total. The SMILES string of the molecule is N#Cc1ccc2cccc(C(N3CCC(=O)N3)C(F)(F)F)c2c1. The van der Waals surface area contributed by atoms with Crippen molar-refractivity contribution in [2.75, 3.05) is 6.54 Å². The lowest BCUT2D eigenvalue weighted by Crippen LogP contribution is -2.43. The minimum atomic E-state index is -4.56. The molecule has 1 unspecified atom stereocenters. The molecule has 0 radical (unpaired) electrons.